The number of aromatic amines is 1. The van der Waals surface area contributed by atoms with Crippen LogP contribution in [0.4, 0.5) is 11.4 Å². The summed E-state index contributed by atoms with van der Waals surface area (Å²) in [6, 6.07) is 19.6. The van der Waals surface area contributed by atoms with Gasteiger partial charge in [-0.2, -0.15) is 0 Å². The van der Waals surface area contributed by atoms with Crippen LogP contribution in [0.25, 0.3) is 10.9 Å². The highest BCUT2D eigenvalue weighted by atomic mass is 16.6. The van der Waals surface area contributed by atoms with Gasteiger partial charge in [-0.3, -0.25) is 25.1 Å². The zero-order valence-electron chi connectivity index (χ0n) is 17.1. The molecule has 8 heteroatoms. The average Bonchev–Trinajstić information content (AvgIpc) is 3.22. The van der Waals surface area contributed by atoms with Crippen LogP contribution in [0.2, 0.25) is 0 Å². The number of H-pyrrole nitrogens is 1. The molecule has 0 aliphatic carbocycles. The van der Waals surface area contributed by atoms with Crippen LogP contribution in [-0.4, -0.2) is 26.3 Å². The van der Waals surface area contributed by atoms with Gasteiger partial charge in [0.2, 0.25) is 0 Å². The van der Waals surface area contributed by atoms with Gasteiger partial charge in [0.15, 0.2) is 0 Å². The van der Waals surface area contributed by atoms with Crippen LogP contribution in [0, 0.1) is 20.2 Å². The molecule has 1 aliphatic heterocycles. The monoisotopic (exact) mass is 428 g/mol. The summed E-state index contributed by atoms with van der Waals surface area (Å²) in [7, 11) is 0. The summed E-state index contributed by atoms with van der Waals surface area (Å²) >= 11 is 0. The first-order valence-electron chi connectivity index (χ1n) is 10.3. The van der Waals surface area contributed by atoms with Crippen molar-refractivity contribution in [2.24, 2.45) is 0 Å². The van der Waals surface area contributed by atoms with Crippen molar-refractivity contribution in [1.82, 2.24) is 9.88 Å². The lowest BCUT2D eigenvalue weighted by atomic mass is 9.87. The van der Waals surface area contributed by atoms with Gasteiger partial charge in [-0.05, 0) is 34.7 Å². The highest BCUT2D eigenvalue weighted by Gasteiger charge is 2.31. The average molecular weight is 428 g/mol. The smallest absolute Gasteiger partial charge is 0.270 e. The molecule has 3 aromatic carbocycles. The quantitative estimate of drug-likeness (QED) is 0.350. The maximum Gasteiger partial charge on any atom is 0.270 e. The number of fused-ring (bicyclic) bond motifs is 2. The van der Waals surface area contributed by atoms with Crippen molar-refractivity contribution < 1.29 is 9.85 Å². The second kappa shape index (κ2) is 7.90. The fraction of sp³-hybridized carbons (Fsp3) is 0.167. The molecule has 160 valence electrons. The van der Waals surface area contributed by atoms with E-state index < -0.39 is 0 Å². The van der Waals surface area contributed by atoms with Gasteiger partial charge >= 0.3 is 0 Å². The highest BCUT2D eigenvalue weighted by molar-refractivity contribution is 5.86. The van der Waals surface area contributed by atoms with Gasteiger partial charge in [0.1, 0.15) is 0 Å². The van der Waals surface area contributed by atoms with Crippen LogP contribution >= 0.6 is 0 Å². The van der Waals surface area contributed by atoms with Crippen molar-refractivity contribution >= 4 is 22.3 Å². The lowest BCUT2D eigenvalue weighted by molar-refractivity contribution is -0.385. The van der Waals surface area contributed by atoms with Crippen LogP contribution in [-0.2, 0) is 13.0 Å². The largest absolute Gasteiger partial charge is 0.361 e. The predicted octanol–water partition coefficient (Wildman–Crippen LogP) is 5.13. The van der Waals surface area contributed by atoms with Crippen LogP contribution < -0.4 is 0 Å². The van der Waals surface area contributed by atoms with Crippen molar-refractivity contribution in [1.29, 1.82) is 0 Å². The van der Waals surface area contributed by atoms with Gasteiger partial charge < -0.3 is 4.98 Å². The molecule has 0 radical (unpaired) electrons. The third kappa shape index (κ3) is 3.50. The Morgan fingerprint density at radius 1 is 0.906 bits per heavy atom. The molecule has 32 heavy (non-hydrogen) atoms. The van der Waals surface area contributed by atoms with Crippen LogP contribution in [0.15, 0.2) is 72.9 Å². The molecule has 1 unspecified atom stereocenters. The van der Waals surface area contributed by atoms with E-state index >= 15 is 0 Å². The molecule has 1 atom stereocenters. The molecule has 1 N–H and O–H groups in total. The van der Waals surface area contributed by atoms with Gasteiger partial charge in [0.25, 0.3) is 11.4 Å². The first kappa shape index (κ1) is 19.9. The molecule has 0 bridgehead atoms. The third-order valence-corrected chi connectivity index (χ3v) is 6.09. The molecule has 1 aliphatic rings. The van der Waals surface area contributed by atoms with E-state index in [-0.39, 0.29) is 27.3 Å². The molecule has 0 saturated carbocycles. The van der Waals surface area contributed by atoms with Gasteiger partial charge in [-0.25, -0.2) is 0 Å². The lowest BCUT2D eigenvalue weighted by Gasteiger charge is -2.37. The summed E-state index contributed by atoms with van der Waals surface area (Å²) < 4.78 is 0. The fourth-order valence-electron chi connectivity index (χ4n) is 4.63. The number of aromatic nitrogens is 1. The minimum absolute atomic E-state index is 0.0488. The van der Waals surface area contributed by atoms with Crippen molar-refractivity contribution in [3.05, 3.63) is 115 Å². The Labute approximate surface area is 183 Å². The summed E-state index contributed by atoms with van der Waals surface area (Å²) in [5.41, 5.74) is 5.16. The number of nitro benzene ring substituents is 2. The number of non-ortho nitro benzene ring substituents is 2. The molecule has 0 saturated heterocycles. The van der Waals surface area contributed by atoms with E-state index in [1.165, 1.54) is 17.7 Å². The SMILES string of the molecule is O=[N+]([O-])c1cccc(CN2CCc3ccccc3C2c2c[nH]c3ccc([N+](=O)[O-])cc23)c1. The number of rotatable bonds is 5. The Balaban J connectivity index is 1.62. The summed E-state index contributed by atoms with van der Waals surface area (Å²) in [5.74, 6) is 0. The molecule has 5 rings (SSSR count). The van der Waals surface area contributed by atoms with Gasteiger partial charge in [-0.1, -0.05) is 36.4 Å². The van der Waals surface area contributed by atoms with E-state index in [1.807, 2.05) is 24.4 Å². The van der Waals surface area contributed by atoms with Crippen LogP contribution in [0.5, 0.6) is 0 Å². The van der Waals surface area contributed by atoms with E-state index in [1.54, 1.807) is 24.3 Å². The molecule has 0 fully saturated rings. The second-order valence-corrected chi connectivity index (χ2v) is 7.98. The summed E-state index contributed by atoms with van der Waals surface area (Å²) in [4.78, 5) is 27.4. The maximum atomic E-state index is 11.4. The molecule has 0 spiro atoms. The second-order valence-electron chi connectivity index (χ2n) is 7.98. The number of benzene rings is 3. The zero-order chi connectivity index (χ0) is 22.2. The van der Waals surface area contributed by atoms with Crippen LogP contribution in [0.1, 0.15) is 28.3 Å². The number of hydrogen-bond donors (Lipinski definition) is 1. The molecular weight excluding hydrogens is 408 g/mol. The van der Waals surface area contributed by atoms with Gasteiger partial charge in [-0.15, -0.1) is 0 Å². The zero-order valence-corrected chi connectivity index (χ0v) is 17.1. The number of nitrogens with zero attached hydrogens (tertiary/aromatic N) is 3. The molecule has 1 aromatic heterocycles. The van der Waals surface area contributed by atoms with Gasteiger partial charge in [0, 0.05) is 54.5 Å². The Bertz CT molecular complexity index is 1350. The Hall–Kier alpha value is -4.04. The first-order chi connectivity index (χ1) is 15.5. The minimum atomic E-state index is -0.384. The lowest BCUT2D eigenvalue weighted by Crippen LogP contribution is -2.35. The van der Waals surface area contributed by atoms with Crippen molar-refractivity contribution in [2.75, 3.05) is 6.54 Å². The van der Waals surface area contributed by atoms with Crippen molar-refractivity contribution in [2.45, 2.75) is 19.0 Å². The summed E-state index contributed by atoms with van der Waals surface area (Å²) in [6.45, 7) is 1.30. The number of hydrogen-bond acceptors (Lipinski definition) is 5. The molecule has 0 amide bonds. The summed E-state index contributed by atoms with van der Waals surface area (Å²) in [5, 5.41) is 23.4. The topological polar surface area (TPSA) is 105 Å². The number of nitro groups is 2. The van der Waals surface area contributed by atoms with E-state index in [9.17, 15) is 20.2 Å². The van der Waals surface area contributed by atoms with E-state index in [4.69, 9.17) is 0 Å². The Morgan fingerprint density at radius 3 is 2.50 bits per heavy atom. The van der Waals surface area contributed by atoms with E-state index in [0.29, 0.717) is 6.54 Å². The van der Waals surface area contributed by atoms with E-state index in [0.717, 1.165) is 40.6 Å². The number of nitrogens with one attached hydrogen (secondary N) is 1. The fourth-order valence-corrected chi connectivity index (χ4v) is 4.63. The molecular formula is C24H20N4O4. The van der Waals surface area contributed by atoms with Crippen molar-refractivity contribution in [3.8, 4) is 0 Å². The Morgan fingerprint density at radius 2 is 1.69 bits per heavy atom. The van der Waals surface area contributed by atoms with Crippen molar-refractivity contribution in [3.63, 3.8) is 0 Å². The van der Waals surface area contributed by atoms with E-state index in [2.05, 4.69) is 22.0 Å². The standard InChI is InChI=1S/C24H20N4O4/c29-27(30)18-6-3-4-16(12-18)15-26-11-10-17-5-1-2-7-20(17)24(26)22-14-25-23-9-8-19(28(31)32)13-21(22)23/h1-9,12-14,24-25H,10-11,15H2. The molecule has 4 aromatic rings. The molecule has 8 nitrogen and oxygen atoms in total. The van der Waals surface area contributed by atoms with Crippen LogP contribution in [0.3, 0.4) is 0 Å². The molecule has 2 heterocycles. The normalized spacial score (nSPS) is 16.1. The third-order valence-electron chi connectivity index (χ3n) is 6.09. The first-order valence-corrected chi connectivity index (χ1v) is 10.3. The summed E-state index contributed by atoms with van der Waals surface area (Å²) in [6.07, 6.45) is 2.78. The minimum Gasteiger partial charge on any atom is -0.361 e. The Kier molecular flexibility index (Phi) is 4.91. The van der Waals surface area contributed by atoms with Gasteiger partial charge in [0.05, 0.1) is 15.9 Å². The predicted molar refractivity (Wildman–Crippen MR) is 120 cm³/mol. The highest BCUT2D eigenvalue weighted by Crippen LogP contribution is 2.40. The maximum absolute atomic E-state index is 11.4.